The third-order valence-corrected chi connectivity index (χ3v) is 3.83. The van der Waals surface area contributed by atoms with Crippen LogP contribution in [0.1, 0.15) is 43.6 Å². The highest BCUT2D eigenvalue weighted by atomic mass is 32.1. The molecule has 0 saturated heterocycles. The van der Waals surface area contributed by atoms with Crippen molar-refractivity contribution in [2.45, 2.75) is 46.1 Å². The van der Waals surface area contributed by atoms with E-state index in [1.165, 1.54) is 12.8 Å². The van der Waals surface area contributed by atoms with E-state index in [2.05, 4.69) is 24.1 Å². The van der Waals surface area contributed by atoms with Gasteiger partial charge in [0.2, 0.25) is 0 Å². The van der Waals surface area contributed by atoms with Crippen LogP contribution in [0.4, 0.5) is 5.69 Å². The molecule has 1 heterocycles. The molecule has 0 bridgehead atoms. The van der Waals surface area contributed by atoms with Crippen LogP contribution in [0.2, 0.25) is 0 Å². The van der Waals surface area contributed by atoms with E-state index in [-0.39, 0.29) is 5.54 Å². The van der Waals surface area contributed by atoms with Crippen LogP contribution in [0.5, 0.6) is 0 Å². The number of hydrogen-bond donors (Lipinski definition) is 2. The van der Waals surface area contributed by atoms with Crippen LogP contribution in [0, 0.1) is 19.8 Å². The molecule has 18 heavy (non-hydrogen) atoms. The Morgan fingerprint density at radius 1 is 1.44 bits per heavy atom. The van der Waals surface area contributed by atoms with Crippen molar-refractivity contribution in [3.63, 3.8) is 0 Å². The van der Waals surface area contributed by atoms with Crippen LogP contribution in [0.15, 0.2) is 6.07 Å². The minimum absolute atomic E-state index is 0.0831. The van der Waals surface area contributed by atoms with Crippen molar-refractivity contribution in [1.82, 2.24) is 4.98 Å². The molecule has 0 unspecified atom stereocenters. The molecule has 98 valence electrons. The molecule has 1 aliphatic carbocycles. The van der Waals surface area contributed by atoms with Gasteiger partial charge in [-0.05, 0) is 52.5 Å². The van der Waals surface area contributed by atoms with Gasteiger partial charge in [-0.25, -0.2) is 0 Å². The van der Waals surface area contributed by atoms with Gasteiger partial charge in [-0.1, -0.05) is 12.2 Å². The maximum absolute atomic E-state index is 5.83. The second kappa shape index (κ2) is 4.50. The van der Waals surface area contributed by atoms with Crippen LogP contribution >= 0.6 is 12.2 Å². The third kappa shape index (κ3) is 2.64. The van der Waals surface area contributed by atoms with Gasteiger partial charge in [-0.15, -0.1) is 0 Å². The predicted molar refractivity (Wildman–Crippen MR) is 80.0 cm³/mol. The zero-order chi connectivity index (χ0) is 13.5. The Morgan fingerprint density at radius 3 is 2.56 bits per heavy atom. The van der Waals surface area contributed by atoms with E-state index in [4.69, 9.17) is 18.0 Å². The van der Waals surface area contributed by atoms with E-state index in [1.54, 1.807) is 0 Å². The number of rotatable bonds is 4. The number of nitrogens with zero attached hydrogens (tertiary/aromatic N) is 1. The SMILES string of the molecule is Cc1cc(NC(C)(C)C2CC2)c(C(N)=S)c(C)n1. The van der Waals surface area contributed by atoms with Crippen molar-refractivity contribution in [3.8, 4) is 0 Å². The fourth-order valence-electron chi connectivity index (χ4n) is 2.49. The topological polar surface area (TPSA) is 50.9 Å². The van der Waals surface area contributed by atoms with Gasteiger partial charge in [0, 0.05) is 22.6 Å². The minimum Gasteiger partial charge on any atom is -0.389 e. The lowest BCUT2D eigenvalue weighted by Gasteiger charge is -2.29. The summed E-state index contributed by atoms with van der Waals surface area (Å²) in [5.41, 5.74) is 9.69. The van der Waals surface area contributed by atoms with E-state index < -0.39 is 0 Å². The Hall–Kier alpha value is -1.16. The zero-order valence-corrected chi connectivity index (χ0v) is 12.3. The lowest BCUT2D eigenvalue weighted by atomic mass is 9.97. The van der Waals surface area contributed by atoms with Crippen LogP contribution in [0.3, 0.4) is 0 Å². The number of pyridine rings is 1. The number of nitrogens with one attached hydrogen (secondary N) is 1. The maximum Gasteiger partial charge on any atom is 0.107 e. The van der Waals surface area contributed by atoms with E-state index in [1.807, 2.05) is 19.9 Å². The van der Waals surface area contributed by atoms with Crippen LogP contribution in [0.25, 0.3) is 0 Å². The average Bonchev–Trinajstić information content (AvgIpc) is 2.96. The normalized spacial score (nSPS) is 15.6. The Balaban J connectivity index is 2.39. The van der Waals surface area contributed by atoms with Gasteiger partial charge in [-0.2, -0.15) is 0 Å². The molecule has 1 aliphatic rings. The molecule has 1 aromatic heterocycles. The summed E-state index contributed by atoms with van der Waals surface area (Å²) in [7, 11) is 0. The largest absolute Gasteiger partial charge is 0.389 e. The second-order valence-corrected chi connectivity index (χ2v) is 6.20. The molecule has 2 rings (SSSR count). The summed E-state index contributed by atoms with van der Waals surface area (Å²) in [6.45, 7) is 8.42. The average molecular weight is 263 g/mol. The Labute approximate surface area is 114 Å². The fourth-order valence-corrected chi connectivity index (χ4v) is 2.75. The molecule has 1 saturated carbocycles. The molecule has 0 aliphatic heterocycles. The molecule has 0 aromatic carbocycles. The van der Waals surface area contributed by atoms with Crippen LogP contribution in [-0.4, -0.2) is 15.5 Å². The molecule has 3 nitrogen and oxygen atoms in total. The summed E-state index contributed by atoms with van der Waals surface area (Å²) in [5.74, 6) is 0.741. The second-order valence-electron chi connectivity index (χ2n) is 5.76. The van der Waals surface area contributed by atoms with Crippen molar-refractivity contribution in [2.24, 2.45) is 11.7 Å². The van der Waals surface area contributed by atoms with Gasteiger partial charge < -0.3 is 11.1 Å². The molecule has 0 atom stereocenters. The van der Waals surface area contributed by atoms with E-state index in [0.29, 0.717) is 4.99 Å². The molecule has 0 radical (unpaired) electrons. The van der Waals surface area contributed by atoms with Gasteiger partial charge >= 0.3 is 0 Å². The van der Waals surface area contributed by atoms with E-state index in [9.17, 15) is 0 Å². The van der Waals surface area contributed by atoms with E-state index >= 15 is 0 Å². The summed E-state index contributed by atoms with van der Waals surface area (Å²) in [6, 6.07) is 2.03. The van der Waals surface area contributed by atoms with E-state index in [0.717, 1.165) is 28.6 Å². The molecule has 3 N–H and O–H groups in total. The minimum atomic E-state index is 0.0831. The summed E-state index contributed by atoms with van der Waals surface area (Å²) in [6.07, 6.45) is 2.59. The molecule has 1 fully saturated rings. The van der Waals surface area contributed by atoms with Gasteiger partial charge in [0.15, 0.2) is 0 Å². The number of thiocarbonyl (C=S) groups is 1. The highest BCUT2D eigenvalue weighted by Crippen LogP contribution is 2.41. The van der Waals surface area contributed by atoms with Crippen LogP contribution < -0.4 is 11.1 Å². The fraction of sp³-hybridized carbons (Fsp3) is 0.571. The Kier molecular flexibility index (Phi) is 3.32. The van der Waals surface area contributed by atoms with Crippen molar-refractivity contribution in [3.05, 3.63) is 23.0 Å². The smallest absolute Gasteiger partial charge is 0.107 e. The predicted octanol–water partition coefficient (Wildman–Crippen LogP) is 2.93. The maximum atomic E-state index is 5.83. The van der Waals surface area contributed by atoms with Gasteiger partial charge in [-0.3, -0.25) is 4.98 Å². The number of aromatic nitrogens is 1. The van der Waals surface area contributed by atoms with Crippen LogP contribution in [-0.2, 0) is 0 Å². The highest BCUT2D eigenvalue weighted by Gasteiger charge is 2.38. The van der Waals surface area contributed by atoms with Crippen molar-refractivity contribution < 1.29 is 0 Å². The van der Waals surface area contributed by atoms with Crippen molar-refractivity contribution >= 4 is 22.9 Å². The molecule has 4 heteroatoms. The lowest BCUT2D eigenvalue weighted by molar-refractivity contribution is 0.494. The molecule has 0 amide bonds. The van der Waals surface area contributed by atoms with Crippen molar-refractivity contribution in [2.75, 3.05) is 5.32 Å². The molecular weight excluding hydrogens is 242 g/mol. The summed E-state index contributed by atoms with van der Waals surface area (Å²) in [5, 5.41) is 3.60. The summed E-state index contributed by atoms with van der Waals surface area (Å²) < 4.78 is 0. The molecule has 0 spiro atoms. The summed E-state index contributed by atoms with van der Waals surface area (Å²) >= 11 is 5.15. The molecular formula is C14H21N3S. The quantitative estimate of drug-likeness (QED) is 0.820. The first-order chi connectivity index (χ1) is 8.31. The number of aryl methyl sites for hydroxylation is 2. The van der Waals surface area contributed by atoms with Gasteiger partial charge in [0.25, 0.3) is 0 Å². The van der Waals surface area contributed by atoms with Gasteiger partial charge in [0.1, 0.15) is 4.99 Å². The zero-order valence-electron chi connectivity index (χ0n) is 11.5. The van der Waals surface area contributed by atoms with Crippen molar-refractivity contribution in [1.29, 1.82) is 0 Å². The number of nitrogens with two attached hydrogens (primary N) is 1. The first-order valence-electron chi connectivity index (χ1n) is 6.37. The summed E-state index contributed by atoms with van der Waals surface area (Å²) in [4.78, 5) is 4.85. The monoisotopic (exact) mass is 263 g/mol. The number of hydrogen-bond acceptors (Lipinski definition) is 3. The lowest BCUT2D eigenvalue weighted by Crippen LogP contribution is -2.34. The first kappa shape index (κ1) is 13.3. The van der Waals surface area contributed by atoms with Gasteiger partial charge in [0.05, 0.1) is 5.56 Å². The highest BCUT2D eigenvalue weighted by molar-refractivity contribution is 7.80. The Morgan fingerprint density at radius 2 is 2.06 bits per heavy atom. The standard InChI is InChI=1S/C14H21N3S/c1-8-7-11(12(13(15)18)9(2)16-8)17-14(3,4)10-5-6-10/h7,10H,5-6H2,1-4H3,(H2,15,18)(H,16,17). The Bertz CT molecular complexity index is 490. The molecule has 1 aromatic rings. The first-order valence-corrected chi connectivity index (χ1v) is 6.78. The number of anilines is 1. The third-order valence-electron chi connectivity index (χ3n) is 3.63.